The first kappa shape index (κ1) is 107. The van der Waals surface area contributed by atoms with E-state index in [-0.39, 0.29) is 64.2 Å². The van der Waals surface area contributed by atoms with E-state index in [4.69, 9.17) is 9.47 Å². The summed E-state index contributed by atoms with van der Waals surface area (Å²) in [4.78, 5) is 0. The molecule has 0 radical (unpaired) electrons. The molecule has 10 rings (SSSR count). The maximum atomic E-state index is 16.6. The molecule has 2 aromatic heterocycles. The summed E-state index contributed by atoms with van der Waals surface area (Å²) >= 11 is 0. The van der Waals surface area contributed by atoms with Gasteiger partial charge in [0.05, 0.1) is 76.9 Å². The summed E-state index contributed by atoms with van der Waals surface area (Å²) in [5.41, 5.74) is 15.4. The maximum absolute atomic E-state index is 16.6. The van der Waals surface area contributed by atoms with E-state index < -0.39 is 32.3 Å². The second kappa shape index (κ2) is 48.5. The third-order valence-electron chi connectivity index (χ3n) is 30.6. The molecule has 0 saturated heterocycles. The van der Waals surface area contributed by atoms with Gasteiger partial charge in [-0.25, -0.2) is 8.78 Å². The first-order valence-corrected chi connectivity index (χ1v) is 59.1. The predicted octanol–water partition coefficient (Wildman–Crippen LogP) is 34.0. The van der Waals surface area contributed by atoms with Gasteiger partial charge < -0.3 is 43.7 Å². The molecule has 0 amide bonds. The minimum Gasteiger partial charge on any atom is -0.582 e. The molecule has 4 N–H and O–H groups in total. The Balaban J connectivity index is 0.00000726. The van der Waals surface area contributed by atoms with Crippen LogP contribution in [0.25, 0.3) is 77.2 Å². The molecular weight excluding hydrogens is 1690 g/mol. The summed E-state index contributed by atoms with van der Waals surface area (Å²) in [7, 11) is -8.69. The van der Waals surface area contributed by atoms with Crippen LogP contribution in [0.2, 0.25) is 68.5 Å². The van der Waals surface area contributed by atoms with E-state index in [2.05, 4.69) is 246 Å². The Bertz CT molecular complexity index is 4580. The number of phenols is 2. The zero-order valence-electron chi connectivity index (χ0n) is 84.0. The molecule has 0 saturated carbocycles. The minimum atomic E-state index is -2.17. The largest absolute Gasteiger partial charge is 0.582 e. The Morgan fingerprint density at radius 3 is 0.754 bits per heavy atom. The summed E-state index contributed by atoms with van der Waals surface area (Å²) in [6, 6.07) is 49.5. The van der Waals surface area contributed by atoms with Crippen molar-refractivity contribution in [3.8, 4) is 56.6 Å². The van der Waals surface area contributed by atoms with Gasteiger partial charge in [-0.3, -0.25) is 0 Å². The Morgan fingerprint density at radius 1 is 0.294 bits per heavy atom. The number of unbranched alkanes of at least 4 members (excludes halogenated alkanes) is 20. The maximum Gasteiger partial charge on any atom is 0.265 e. The van der Waals surface area contributed by atoms with Crippen LogP contribution in [-0.2, 0) is 26.2 Å². The number of hydrogen-bond donors (Lipinski definition) is 2. The van der Waals surface area contributed by atoms with E-state index in [1.807, 2.05) is 26.0 Å². The van der Waals surface area contributed by atoms with Crippen LogP contribution in [0.5, 0.6) is 23.0 Å². The monoisotopic (exact) mass is 1860 g/mol. The Labute approximate surface area is 789 Å². The predicted molar refractivity (Wildman–Crippen MR) is 560 cm³/mol. The van der Waals surface area contributed by atoms with Gasteiger partial charge in [0.15, 0.2) is 13.2 Å². The number of aromatic hydroxyl groups is 4. The van der Waals surface area contributed by atoms with E-state index in [9.17, 15) is 10.2 Å². The smallest absolute Gasteiger partial charge is 0.265 e. The summed E-state index contributed by atoms with van der Waals surface area (Å²) in [6.07, 6.45) is 31.1. The molecule has 126 heavy (non-hydrogen) atoms. The molecule has 13 heteroatoms. The average Bonchev–Trinajstić information content (AvgIpc) is 1.57. The van der Waals surface area contributed by atoms with Crippen LogP contribution >= 0.6 is 0 Å². The third-order valence-corrected chi connectivity index (χ3v) is 57.4. The van der Waals surface area contributed by atoms with Crippen LogP contribution in [0.15, 0.2) is 121 Å². The van der Waals surface area contributed by atoms with Crippen molar-refractivity contribution in [1.82, 2.24) is 9.13 Å². The van der Waals surface area contributed by atoms with Gasteiger partial charge in [-0.1, -0.05) is 386 Å². The first-order chi connectivity index (χ1) is 58.8. The van der Waals surface area contributed by atoms with Crippen molar-refractivity contribution in [2.24, 2.45) is 0 Å². The van der Waals surface area contributed by atoms with E-state index in [1.54, 1.807) is 24.3 Å². The quantitative estimate of drug-likeness (QED) is 0.0173. The fourth-order valence-electron chi connectivity index (χ4n) is 23.8. The number of ether oxygens (including phenoxy) is 2. The number of aliphatic hydroxyl groups is 2. The zero-order valence-corrected chi connectivity index (χ0v) is 90.5. The van der Waals surface area contributed by atoms with Crippen molar-refractivity contribution in [2.45, 2.75) is 395 Å². The molecule has 0 bridgehead atoms. The minimum absolute atomic E-state index is 0. The van der Waals surface area contributed by atoms with Crippen LogP contribution in [0.3, 0.4) is 0 Å². The topological polar surface area (TPSA) is 75.9 Å². The summed E-state index contributed by atoms with van der Waals surface area (Å²) in [6.45, 7) is 57.8. The fourth-order valence-corrected chi connectivity index (χ4v) is 46.7. The van der Waals surface area contributed by atoms with Gasteiger partial charge in [-0.15, -0.1) is 0 Å². The van der Waals surface area contributed by atoms with Crippen molar-refractivity contribution in [3.63, 3.8) is 0 Å². The van der Waals surface area contributed by atoms with E-state index in [0.717, 1.165) is 33.2 Å². The second-order valence-corrected chi connectivity index (χ2v) is 62.7. The average molecular weight is 1860 g/mol. The van der Waals surface area contributed by atoms with Gasteiger partial charge in [0.25, 0.3) is 11.5 Å². The van der Waals surface area contributed by atoms with Gasteiger partial charge in [-0.2, -0.15) is 0 Å². The molecule has 692 valence electrons. The summed E-state index contributed by atoms with van der Waals surface area (Å²) < 4.78 is 48.8. The molecule has 0 aliphatic rings. The number of benzene rings is 8. The Morgan fingerprint density at radius 2 is 0.524 bits per heavy atom. The normalized spacial score (nSPS) is 12.5. The van der Waals surface area contributed by atoms with Gasteiger partial charge >= 0.3 is 0 Å². The Hall–Kier alpha value is -5.83. The molecule has 6 nitrogen and oxygen atoms in total. The van der Waals surface area contributed by atoms with E-state index in [0.29, 0.717) is 120 Å². The number of aromatic nitrogens is 2. The molecule has 2 heterocycles. The fraction of sp³-hybridized carbons (Fsp3) is 0.558. The molecule has 0 atom stereocenters. The number of fused-ring (bicyclic) bond motifs is 6. The van der Waals surface area contributed by atoms with Gasteiger partial charge in [0.2, 0.25) is 0 Å². The van der Waals surface area contributed by atoms with Gasteiger partial charge in [-0.05, 0) is 156 Å². The number of halogens is 2. The molecule has 0 spiro atoms. The number of rotatable bonds is 50. The van der Waals surface area contributed by atoms with Crippen LogP contribution in [0, 0.1) is 54.2 Å². The van der Waals surface area contributed by atoms with Crippen LogP contribution < -0.4 is 20.7 Å². The number of aryl methyl sites for hydroxylation is 4. The standard InChI is InChI=1S/C111H164F2N2O4Si4.2CH3.Zr/c1-25-29-33-37-41-45-60-120(76(5)6,77(7)8)90-50-54-94-95-55-51-91(121(78(9)10,79(11)12)61-46-42-38-34-30-26-2)73-103(95)114(102(94)72-90)106-66-84(21)64-98(108(106)116)100-70-88(112)68-86(23)110(100)118-58-49-59-119-111-87(24)69-89(113)71-101(111)99-65-85(22)67-107(109(99)117)115-104-74-92(122(80(13)14,81(15)16)62-47-43-39-35-31-27-3)52-56-96(104)97-57-53-93(75-105(97)115)123(82(17)18,83(19)20)63-48-44-40-36-32-28-4;;;/h50-57,64-83,116-117H,25-49,58-63H2,1-24H3;2*1H3;/q;2*-1;/p+2. The summed E-state index contributed by atoms with van der Waals surface area (Å²) in [5, 5.41) is 37.9. The van der Waals surface area contributed by atoms with Crippen molar-refractivity contribution in [2.75, 3.05) is 13.2 Å². The third kappa shape index (κ3) is 22.9. The second-order valence-electron chi connectivity index (χ2n) is 40.8. The van der Waals surface area contributed by atoms with Crippen LogP contribution in [-0.4, -0.2) is 74.3 Å². The zero-order chi connectivity index (χ0) is 89.4. The van der Waals surface area contributed by atoms with Gasteiger partial charge in [0, 0.05) is 70.0 Å². The SMILES string of the molecule is CCCCCCCC[Si](c1ccc2c3ccc([Si](CCCCCCCC)(C(C)C)C(C)C)cc3n(-c3cc(C)cc(-c4cc(F)cc(C)c4[OH+]CCC[OH+]c4c(C)cc(F)cc4-c4cc(C)cc(-n5c6cc([Si](CCCCCCCC)(C(C)C)C(C)C)ccc6c6ccc([Si](CCCCCCCC)(C(C)C)C(C)C)cc65)c4O)c3O)c2c1)(C(C)C)C(C)C.[CH3-].[CH3-].[Zr]. The molecule has 0 aliphatic heterocycles. The van der Waals surface area contributed by atoms with E-state index in [1.165, 1.54) is 221 Å². The molecule has 0 unspecified atom stereocenters. The van der Waals surface area contributed by atoms with Crippen molar-refractivity contribution >= 4 is 96.7 Å². The van der Waals surface area contributed by atoms with Crippen molar-refractivity contribution in [1.29, 1.82) is 0 Å². The number of hydrogen-bond acceptors (Lipinski definition) is 2. The van der Waals surface area contributed by atoms with E-state index >= 15 is 8.78 Å². The van der Waals surface area contributed by atoms with Crippen molar-refractivity contribution in [3.05, 3.63) is 170 Å². The number of phenolic OH excluding ortho intramolecular Hbond substituents is 2. The first-order valence-electron chi connectivity index (χ1n) is 49.6. The number of nitrogens with zero attached hydrogens (tertiary/aromatic N) is 2. The van der Waals surface area contributed by atoms with Gasteiger partial charge in [0.1, 0.15) is 29.6 Å². The van der Waals surface area contributed by atoms with Crippen molar-refractivity contribution < 1.29 is 54.7 Å². The van der Waals surface area contributed by atoms with Crippen LogP contribution in [0.4, 0.5) is 8.78 Å². The van der Waals surface area contributed by atoms with Crippen LogP contribution in [0.1, 0.15) is 321 Å². The molecule has 8 aromatic carbocycles. The molecule has 0 aliphatic carbocycles. The molecular formula is C113H172F2N2O4Si4Zr. The molecule has 0 fully saturated rings. The summed E-state index contributed by atoms with van der Waals surface area (Å²) in [5.74, 6) is 0.698. The Kier molecular flexibility index (Phi) is 41.3. The molecule has 10 aromatic rings.